The second-order valence-corrected chi connectivity index (χ2v) is 6.02. The number of furan rings is 1. The van der Waals surface area contributed by atoms with Gasteiger partial charge in [0.25, 0.3) is 5.91 Å². The van der Waals surface area contributed by atoms with Crippen LogP contribution >= 0.6 is 11.6 Å². The number of carbonyl (C=O) groups excluding carboxylic acids is 1. The largest absolute Gasteiger partial charge is 0.451 e. The van der Waals surface area contributed by atoms with Crippen molar-refractivity contribution in [2.45, 2.75) is 26.1 Å². The minimum absolute atomic E-state index is 0.0331. The first-order chi connectivity index (χ1) is 10.5. The molecule has 2 aromatic rings. The minimum Gasteiger partial charge on any atom is -0.451 e. The van der Waals surface area contributed by atoms with Crippen LogP contribution in [0.25, 0.3) is 11.3 Å². The predicted octanol–water partition coefficient (Wildman–Crippen LogP) is 3.85. The maximum atomic E-state index is 12.6. The summed E-state index contributed by atoms with van der Waals surface area (Å²) < 4.78 is 11.4. The lowest BCUT2D eigenvalue weighted by atomic mass is 10.2. The number of halogens is 1. The predicted molar refractivity (Wildman–Crippen MR) is 85.1 cm³/mol. The van der Waals surface area contributed by atoms with Gasteiger partial charge in [0.15, 0.2) is 5.76 Å². The van der Waals surface area contributed by atoms with E-state index in [-0.39, 0.29) is 18.1 Å². The number of nitrogens with zero attached hydrogens (tertiary/aromatic N) is 1. The van der Waals surface area contributed by atoms with Crippen LogP contribution in [0.1, 0.15) is 24.4 Å². The van der Waals surface area contributed by atoms with E-state index < -0.39 is 0 Å². The monoisotopic (exact) mass is 319 g/mol. The van der Waals surface area contributed by atoms with Gasteiger partial charge in [-0.25, -0.2) is 0 Å². The summed E-state index contributed by atoms with van der Waals surface area (Å²) in [7, 11) is 0. The molecule has 0 unspecified atom stereocenters. The summed E-state index contributed by atoms with van der Waals surface area (Å²) in [4.78, 5) is 14.3. The maximum absolute atomic E-state index is 12.6. The Balaban J connectivity index is 1.82. The Labute approximate surface area is 134 Å². The zero-order chi connectivity index (χ0) is 15.7. The molecule has 0 saturated carbocycles. The van der Waals surface area contributed by atoms with Gasteiger partial charge in [0.2, 0.25) is 0 Å². The number of morpholine rings is 1. The summed E-state index contributed by atoms with van der Waals surface area (Å²) >= 11 is 6.16. The number of carbonyl (C=O) groups is 1. The third-order valence-corrected chi connectivity index (χ3v) is 3.99. The molecule has 0 radical (unpaired) electrons. The fourth-order valence-electron chi connectivity index (χ4n) is 2.76. The highest BCUT2D eigenvalue weighted by atomic mass is 35.5. The molecule has 1 aromatic carbocycles. The van der Waals surface area contributed by atoms with E-state index >= 15 is 0 Å². The molecular formula is C17H18ClNO3. The molecule has 0 aliphatic carbocycles. The van der Waals surface area contributed by atoms with Gasteiger partial charge in [-0.3, -0.25) is 4.79 Å². The van der Waals surface area contributed by atoms with E-state index in [1.807, 2.05) is 32.0 Å². The summed E-state index contributed by atoms with van der Waals surface area (Å²) in [5.41, 5.74) is 0.784. The smallest absolute Gasteiger partial charge is 0.289 e. The van der Waals surface area contributed by atoms with Gasteiger partial charge in [-0.05, 0) is 38.1 Å². The third-order valence-electron chi connectivity index (χ3n) is 3.66. The number of amides is 1. The second kappa shape index (κ2) is 6.15. The van der Waals surface area contributed by atoms with Crippen LogP contribution in [0.3, 0.4) is 0 Å². The molecule has 3 rings (SSSR count). The summed E-state index contributed by atoms with van der Waals surface area (Å²) in [6.45, 7) is 5.08. The van der Waals surface area contributed by atoms with Gasteiger partial charge in [0.05, 0.1) is 17.2 Å². The van der Waals surface area contributed by atoms with Crippen LogP contribution in [0.15, 0.2) is 40.8 Å². The van der Waals surface area contributed by atoms with Crippen LogP contribution < -0.4 is 0 Å². The fourth-order valence-corrected chi connectivity index (χ4v) is 2.99. The Morgan fingerprint density at radius 3 is 2.50 bits per heavy atom. The van der Waals surface area contributed by atoms with E-state index in [0.29, 0.717) is 29.6 Å². The van der Waals surface area contributed by atoms with E-state index in [9.17, 15) is 4.79 Å². The lowest BCUT2D eigenvalue weighted by Gasteiger charge is -2.34. The standard InChI is InChI=1S/C17H18ClNO3/c1-11-9-19(10-12(2)21-11)17(20)16-8-7-15(22-16)13-5-3-4-6-14(13)18/h3-8,11-12H,9-10H2,1-2H3/t11-,12-/m0/s1. The van der Waals surface area contributed by atoms with Crippen LogP contribution in [0.2, 0.25) is 5.02 Å². The molecule has 0 bridgehead atoms. The number of ether oxygens (including phenoxy) is 1. The van der Waals surface area contributed by atoms with Gasteiger partial charge < -0.3 is 14.1 Å². The number of hydrogen-bond donors (Lipinski definition) is 0. The summed E-state index contributed by atoms with van der Waals surface area (Å²) in [5, 5.41) is 0.601. The molecule has 1 fully saturated rings. The van der Waals surface area contributed by atoms with Crippen molar-refractivity contribution in [1.29, 1.82) is 0 Å². The topological polar surface area (TPSA) is 42.7 Å². The van der Waals surface area contributed by atoms with Gasteiger partial charge in [-0.1, -0.05) is 23.7 Å². The molecule has 22 heavy (non-hydrogen) atoms. The number of hydrogen-bond acceptors (Lipinski definition) is 3. The van der Waals surface area contributed by atoms with Crippen molar-refractivity contribution in [2.75, 3.05) is 13.1 Å². The molecule has 1 aromatic heterocycles. The Morgan fingerprint density at radius 2 is 1.82 bits per heavy atom. The van der Waals surface area contributed by atoms with E-state index in [4.69, 9.17) is 20.8 Å². The van der Waals surface area contributed by atoms with Crippen molar-refractivity contribution < 1.29 is 13.9 Å². The average Bonchev–Trinajstić information content (AvgIpc) is 2.95. The van der Waals surface area contributed by atoms with Crippen LogP contribution in [-0.4, -0.2) is 36.1 Å². The first kappa shape index (κ1) is 15.1. The van der Waals surface area contributed by atoms with E-state index in [0.717, 1.165) is 5.56 Å². The highest BCUT2D eigenvalue weighted by molar-refractivity contribution is 6.33. The molecule has 0 N–H and O–H groups in total. The highest BCUT2D eigenvalue weighted by Crippen LogP contribution is 2.29. The van der Waals surface area contributed by atoms with Crippen LogP contribution in [0.4, 0.5) is 0 Å². The molecule has 1 amide bonds. The van der Waals surface area contributed by atoms with Crippen molar-refractivity contribution in [2.24, 2.45) is 0 Å². The zero-order valence-corrected chi connectivity index (χ0v) is 13.3. The minimum atomic E-state index is -0.111. The molecule has 1 aliphatic rings. The third kappa shape index (κ3) is 3.03. The first-order valence-electron chi connectivity index (χ1n) is 7.34. The van der Waals surface area contributed by atoms with Crippen molar-refractivity contribution >= 4 is 17.5 Å². The van der Waals surface area contributed by atoms with Crippen molar-refractivity contribution in [1.82, 2.24) is 4.90 Å². The van der Waals surface area contributed by atoms with E-state index in [1.165, 1.54) is 0 Å². The molecule has 4 nitrogen and oxygen atoms in total. The maximum Gasteiger partial charge on any atom is 0.289 e. The Bertz CT molecular complexity index is 672. The van der Waals surface area contributed by atoms with Gasteiger partial charge in [0, 0.05) is 18.7 Å². The average molecular weight is 320 g/mol. The second-order valence-electron chi connectivity index (χ2n) is 5.61. The zero-order valence-electron chi connectivity index (χ0n) is 12.6. The molecule has 0 spiro atoms. The normalized spacial score (nSPS) is 21.9. The van der Waals surface area contributed by atoms with Crippen LogP contribution in [0.5, 0.6) is 0 Å². The fraction of sp³-hybridized carbons (Fsp3) is 0.353. The summed E-state index contributed by atoms with van der Waals surface area (Å²) in [6.07, 6.45) is 0.0661. The Kier molecular flexibility index (Phi) is 4.23. The van der Waals surface area contributed by atoms with Crippen LogP contribution in [0, 0.1) is 0 Å². The van der Waals surface area contributed by atoms with Crippen molar-refractivity contribution in [3.63, 3.8) is 0 Å². The molecule has 1 saturated heterocycles. The first-order valence-corrected chi connectivity index (χ1v) is 7.72. The van der Waals surface area contributed by atoms with Gasteiger partial charge in [-0.15, -0.1) is 0 Å². The SMILES string of the molecule is C[C@H]1CN(C(=O)c2ccc(-c3ccccc3Cl)o2)C[C@H](C)O1. The molecular weight excluding hydrogens is 302 g/mol. The van der Waals surface area contributed by atoms with Crippen molar-refractivity contribution in [3.8, 4) is 11.3 Å². The molecule has 1 aliphatic heterocycles. The number of rotatable bonds is 2. The molecule has 2 heterocycles. The lowest BCUT2D eigenvalue weighted by Crippen LogP contribution is -2.48. The number of benzene rings is 1. The summed E-state index contributed by atoms with van der Waals surface area (Å²) in [6, 6.07) is 10.9. The summed E-state index contributed by atoms with van der Waals surface area (Å²) in [5.74, 6) is 0.819. The van der Waals surface area contributed by atoms with Gasteiger partial charge in [0.1, 0.15) is 5.76 Å². The lowest BCUT2D eigenvalue weighted by molar-refractivity contribution is -0.0592. The Morgan fingerprint density at radius 1 is 1.14 bits per heavy atom. The Hall–Kier alpha value is -1.78. The molecule has 5 heteroatoms. The molecule has 116 valence electrons. The molecule has 2 atom stereocenters. The van der Waals surface area contributed by atoms with E-state index in [2.05, 4.69) is 0 Å². The van der Waals surface area contributed by atoms with Crippen LogP contribution in [-0.2, 0) is 4.74 Å². The van der Waals surface area contributed by atoms with E-state index in [1.54, 1.807) is 23.1 Å². The van der Waals surface area contributed by atoms with Gasteiger partial charge in [-0.2, -0.15) is 0 Å². The van der Waals surface area contributed by atoms with Crippen molar-refractivity contribution in [3.05, 3.63) is 47.2 Å². The quantitative estimate of drug-likeness (QED) is 0.844. The highest BCUT2D eigenvalue weighted by Gasteiger charge is 2.28. The van der Waals surface area contributed by atoms with Gasteiger partial charge >= 0.3 is 0 Å².